The van der Waals surface area contributed by atoms with Crippen LogP contribution in [0.5, 0.6) is 0 Å². The summed E-state index contributed by atoms with van der Waals surface area (Å²) in [5, 5.41) is 3.57. The third kappa shape index (κ3) is 2.32. The van der Waals surface area contributed by atoms with Crippen LogP contribution >= 0.6 is 22.9 Å². The van der Waals surface area contributed by atoms with Gasteiger partial charge in [-0.1, -0.05) is 11.6 Å². The van der Waals surface area contributed by atoms with Crippen molar-refractivity contribution in [2.75, 3.05) is 13.2 Å². The van der Waals surface area contributed by atoms with Crippen LogP contribution in [0.1, 0.15) is 35.0 Å². The number of aromatic nitrogens is 2. The molecule has 0 bridgehead atoms. The Hall–Kier alpha value is -0.880. The number of hydrogen-bond donors (Lipinski definition) is 1. The van der Waals surface area contributed by atoms with Gasteiger partial charge in [0.25, 0.3) is 0 Å². The molecular formula is C15H18ClN3OS. The van der Waals surface area contributed by atoms with E-state index in [-0.39, 0.29) is 11.6 Å². The van der Waals surface area contributed by atoms with Gasteiger partial charge in [0.05, 0.1) is 29.0 Å². The Kier molecular flexibility index (Phi) is 3.34. The number of hydrogen-bond acceptors (Lipinski definition) is 4. The third-order valence-corrected chi connectivity index (χ3v) is 5.97. The molecule has 0 aromatic carbocycles. The first-order chi connectivity index (χ1) is 10.2. The Morgan fingerprint density at radius 1 is 1.57 bits per heavy atom. The molecule has 4 rings (SSSR count). The number of rotatable bonds is 1. The van der Waals surface area contributed by atoms with Crippen LogP contribution in [0.15, 0.2) is 18.6 Å². The summed E-state index contributed by atoms with van der Waals surface area (Å²) in [4.78, 5) is 5.84. The number of halogens is 1. The van der Waals surface area contributed by atoms with Crippen LogP contribution in [-0.4, -0.2) is 22.7 Å². The molecule has 0 radical (unpaired) electrons. The van der Waals surface area contributed by atoms with Crippen molar-refractivity contribution in [3.05, 3.63) is 39.1 Å². The van der Waals surface area contributed by atoms with E-state index in [9.17, 15) is 0 Å². The maximum atomic E-state index is 6.28. The summed E-state index contributed by atoms with van der Waals surface area (Å²) in [6.45, 7) is 1.73. The van der Waals surface area contributed by atoms with Crippen LogP contribution in [0, 0.1) is 0 Å². The van der Waals surface area contributed by atoms with Crippen molar-refractivity contribution in [1.29, 1.82) is 0 Å². The van der Waals surface area contributed by atoms with Gasteiger partial charge in [-0.25, -0.2) is 4.98 Å². The van der Waals surface area contributed by atoms with Crippen LogP contribution in [0.4, 0.5) is 0 Å². The maximum Gasteiger partial charge on any atom is 0.106 e. The summed E-state index contributed by atoms with van der Waals surface area (Å²) in [6, 6.07) is 2.36. The summed E-state index contributed by atoms with van der Waals surface area (Å²) < 4.78 is 9.15. The molecule has 1 spiro atoms. The summed E-state index contributed by atoms with van der Waals surface area (Å²) in [5.41, 5.74) is 2.28. The molecule has 0 aliphatic carbocycles. The first-order valence-electron chi connectivity index (χ1n) is 7.30. The molecule has 1 N–H and O–H groups in total. The SMILES string of the molecule is Cn1cnc(C2CC3(CCN2)OCCc2cc(Cl)sc23)c1. The van der Waals surface area contributed by atoms with E-state index in [1.54, 1.807) is 11.3 Å². The quantitative estimate of drug-likeness (QED) is 0.876. The molecule has 2 aromatic heterocycles. The summed E-state index contributed by atoms with van der Waals surface area (Å²) in [6.07, 6.45) is 6.84. The number of nitrogens with one attached hydrogen (secondary N) is 1. The lowest BCUT2D eigenvalue weighted by Gasteiger charge is -2.43. The number of ether oxygens (including phenoxy) is 1. The van der Waals surface area contributed by atoms with E-state index in [1.165, 1.54) is 10.4 Å². The molecule has 1 fully saturated rings. The molecule has 6 heteroatoms. The summed E-state index contributed by atoms with van der Waals surface area (Å²) >= 11 is 7.93. The van der Waals surface area contributed by atoms with Crippen molar-refractivity contribution in [1.82, 2.24) is 14.9 Å². The van der Waals surface area contributed by atoms with Gasteiger partial charge in [-0.2, -0.15) is 0 Å². The molecule has 2 aliphatic rings. The van der Waals surface area contributed by atoms with Crippen molar-refractivity contribution in [2.45, 2.75) is 30.9 Å². The Morgan fingerprint density at radius 2 is 2.48 bits per heavy atom. The lowest BCUT2D eigenvalue weighted by molar-refractivity contribution is -0.0871. The van der Waals surface area contributed by atoms with Gasteiger partial charge >= 0.3 is 0 Å². The van der Waals surface area contributed by atoms with Crippen LogP contribution in [-0.2, 0) is 23.8 Å². The molecular weight excluding hydrogens is 306 g/mol. The molecule has 21 heavy (non-hydrogen) atoms. The van der Waals surface area contributed by atoms with Gasteiger partial charge in [0.2, 0.25) is 0 Å². The molecule has 2 aromatic rings. The smallest absolute Gasteiger partial charge is 0.106 e. The van der Waals surface area contributed by atoms with Crippen molar-refractivity contribution < 1.29 is 4.74 Å². The van der Waals surface area contributed by atoms with Crippen molar-refractivity contribution >= 4 is 22.9 Å². The maximum absolute atomic E-state index is 6.28. The van der Waals surface area contributed by atoms with E-state index < -0.39 is 0 Å². The van der Waals surface area contributed by atoms with Gasteiger partial charge in [-0.05, 0) is 31.0 Å². The second-order valence-corrected chi connectivity index (χ2v) is 7.61. The highest BCUT2D eigenvalue weighted by atomic mass is 35.5. The first kappa shape index (κ1) is 13.8. The second kappa shape index (κ2) is 5.09. The predicted molar refractivity (Wildman–Crippen MR) is 83.8 cm³/mol. The molecule has 0 saturated carbocycles. The van der Waals surface area contributed by atoms with E-state index in [1.807, 2.05) is 17.9 Å². The number of piperidine rings is 1. The van der Waals surface area contributed by atoms with Crippen LogP contribution in [0.25, 0.3) is 0 Å². The molecule has 2 unspecified atom stereocenters. The Balaban J connectivity index is 1.69. The molecule has 0 amide bonds. The minimum absolute atomic E-state index is 0.182. The van der Waals surface area contributed by atoms with Crippen LogP contribution in [0.2, 0.25) is 4.34 Å². The van der Waals surface area contributed by atoms with Gasteiger partial charge in [-0.3, -0.25) is 0 Å². The van der Waals surface area contributed by atoms with Gasteiger partial charge < -0.3 is 14.6 Å². The van der Waals surface area contributed by atoms with Crippen LogP contribution < -0.4 is 5.32 Å². The van der Waals surface area contributed by atoms with Crippen molar-refractivity contribution in [3.63, 3.8) is 0 Å². The van der Waals surface area contributed by atoms with E-state index in [2.05, 4.69) is 22.6 Å². The van der Waals surface area contributed by atoms with E-state index in [0.717, 1.165) is 42.4 Å². The van der Waals surface area contributed by atoms with Crippen LogP contribution in [0.3, 0.4) is 0 Å². The Morgan fingerprint density at radius 3 is 3.29 bits per heavy atom. The average Bonchev–Trinajstić information content (AvgIpc) is 3.06. The third-order valence-electron chi connectivity index (χ3n) is 4.48. The molecule has 4 nitrogen and oxygen atoms in total. The molecule has 2 atom stereocenters. The fourth-order valence-corrected chi connectivity index (χ4v) is 4.98. The van der Waals surface area contributed by atoms with Gasteiger partial charge in [0, 0.05) is 24.5 Å². The zero-order valence-electron chi connectivity index (χ0n) is 11.9. The number of aryl methyl sites for hydroxylation is 1. The first-order valence-corrected chi connectivity index (χ1v) is 8.50. The van der Waals surface area contributed by atoms with Gasteiger partial charge in [0.1, 0.15) is 5.60 Å². The molecule has 4 heterocycles. The fourth-order valence-electron chi connectivity index (χ4n) is 3.50. The summed E-state index contributed by atoms with van der Waals surface area (Å²) in [7, 11) is 2.00. The zero-order chi connectivity index (χ0) is 14.4. The lowest BCUT2D eigenvalue weighted by atomic mass is 9.82. The number of fused-ring (bicyclic) bond motifs is 2. The van der Waals surface area contributed by atoms with Gasteiger partial charge in [-0.15, -0.1) is 11.3 Å². The summed E-state index contributed by atoms with van der Waals surface area (Å²) in [5.74, 6) is 0. The largest absolute Gasteiger partial charge is 0.369 e. The monoisotopic (exact) mass is 323 g/mol. The Labute approximate surface area is 133 Å². The van der Waals surface area contributed by atoms with E-state index >= 15 is 0 Å². The fraction of sp³-hybridized carbons (Fsp3) is 0.533. The van der Waals surface area contributed by atoms with Crippen molar-refractivity contribution in [2.24, 2.45) is 7.05 Å². The minimum atomic E-state index is -0.182. The van der Waals surface area contributed by atoms with E-state index in [4.69, 9.17) is 16.3 Å². The molecule has 2 aliphatic heterocycles. The van der Waals surface area contributed by atoms with Crippen molar-refractivity contribution in [3.8, 4) is 0 Å². The van der Waals surface area contributed by atoms with Gasteiger partial charge in [0.15, 0.2) is 0 Å². The number of nitrogens with zero attached hydrogens (tertiary/aromatic N) is 2. The highest BCUT2D eigenvalue weighted by Crippen LogP contribution is 2.48. The minimum Gasteiger partial charge on any atom is -0.369 e. The Bertz CT molecular complexity index is 668. The second-order valence-electron chi connectivity index (χ2n) is 5.92. The molecule has 1 saturated heterocycles. The highest BCUT2D eigenvalue weighted by molar-refractivity contribution is 7.16. The predicted octanol–water partition coefficient (Wildman–Crippen LogP) is 3.03. The number of imidazole rings is 1. The van der Waals surface area contributed by atoms with E-state index in [0.29, 0.717) is 0 Å². The standard InChI is InChI=1S/C15H18ClN3OS/c1-19-8-12(18-9-19)11-7-15(3-4-17-11)14-10(2-5-20-15)6-13(16)21-14/h6,8-9,11,17H,2-5,7H2,1H3. The topological polar surface area (TPSA) is 39.1 Å². The normalized spacial score (nSPS) is 28.8. The number of thiophene rings is 1. The average molecular weight is 324 g/mol. The zero-order valence-corrected chi connectivity index (χ0v) is 13.5. The molecule has 112 valence electrons. The lowest BCUT2D eigenvalue weighted by Crippen LogP contribution is -2.45. The highest BCUT2D eigenvalue weighted by Gasteiger charge is 2.44.